The normalized spacial score (nSPS) is 21.3. The third kappa shape index (κ3) is 5.44. The molecule has 164 valence electrons. The number of methoxy groups -OCH3 is 1. The molecule has 2 atom stereocenters. The second kappa shape index (κ2) is 9.96. The van der Waals surface area contributed by atoms with E-state index in [4.69, 9.17) is 9.47 Å². The molecule has 0 N–H and O–H groups in total. The predicted octanol–water partition coefficient (Wildman–Crippen LogP) is 2.89. The summed E-state index contributed by atoms with van der Waals surface area (Å²) >= 11 is 0. The quantitative estimate of drug-likeness (QED) is 0.642. The van der Waals surface area contributed by atoms with Crippen LogP contribution in [0.25, 0.3) is 0 Å². The highest BCUT2D eigenvalue weighted by molar-refractivity contribution is 5.86. The van der Waals surface area contributed by atoms with Crippen molar-refractivity contribution in [2.75, 3.05) is 33.3 Å². The van der Waals surface area contributed by atoms with Crippen LogP contribution in [0.1, 0.15) is 30.4 Å². The molecule has 2 heterocycles. The molecule has 0 aromatic heterocycles. The Morgan fingerprint density at radius 1 is 0.968 bits per heavy atom. The molecule has 4 rings (SSSR count). The molecule has 6 nitrogen and oxygen atoms in total. The third-order valence-electron chi connectivity index (χ3n) is 6.11. The zero-order chi connectivity index (χ0) is 21.6. The van der Waals surface area contributed by atoms with E-state index in [1.54, 1.807) is 4.90 Å². The Hall–Kier alpha value is -2.86. The number of amides is 1. The summed E-state index contributed by atoms with van der Waals surface area (Å²) in [5, 5.41) is 0. The summed E-state index contributed by atoms with van der Waals surface area (Å²) < 4.78 is 11.0. The first-order chi connectivity index (χ1) is 15.1. The number of esters is 1. The van der Waals surface area contributed by atoms with Crippen LogP contribution in [0, 0.1) is 0 Å². The van der Waals surface area contributed by atoms with Gasteiger partial charge in [0.1, 0.15) is 17.9 Å². The van der Waals surface area contributed by atoms with Crippen LogP contribution >= 0.6 is 0 Å². The van der Waals surface area contributed by atoms with Gasteiger partial charge in [-0.3, -0.25) is 9.69 Å². The minimum atomic E-state index is -0.429. The number of rotatable bonds is 7. The van der Waals surface area contributed by atoms with Gasteiger partial charge in [-0.1, -0.05) is 42.5 Å². The molecule has 0 spiro atoms. The van der Waals surface area contributed by atoms with E-state index in [9.17, 15) is 9.59 Å². The standard InChI is InChI=1S/C25H30N2O4/c1-30-25(29)23-8-5-14-27(23)24(28)18-26-15-13-22(17-26)31-21-11-9-20(10-12-21)16-19-6-3-2-4-7-19/h2-4,6-7,9-12,22-23H,5,8,13-18H2,1H3/t22-,23-/m0/s1. The largest absolute Gasteiger partial charge is 0.489 e. The van der Waals surface area contributed by atoms with Gasteiger partial charge >= 0.3 is 5.97 Å². The van der Waals surface area contributed by atoms with Crippen molar-refractivity contribution in [3.8, 4) is 5.75 Å². The Bertz CT molecular complexity index is 884. The summed E-state index contributed by atoms with van der Waals surface area (Å²) in [7, 11) is 1.37. The predicted molar refractivity (Wildman–Crippen MR) is 118 cm³/mol. The fourth-order valence-electron chi connectivity index (χ4n) is 4.48. The fourth-order valence-corrected chi connectivity index (χ4v) is 4.48. The Morgan fingerprint density at radius 2 is 1.71 bits per heavy atom. The van der Waals surface area contributed by atoms with Gasteiger partial charge in [-0.2, -0.15) is 0 Å². The molecular weight excluding hydrogens is 392 g/mol. The van der Waals surface area contributed by atoms with Crippen molar-refractivity contribution in [1.29, 1.82) is 0 Å². The lowest BCUT2D eigenvalue weighted by molar-refractivity contribution is -0.151. The van der Waals surface area contributed by atoms with Crippen molar-refractivity contribution in [3.05, 3.63) is 65.7 Å². The maximum absolute atomic E-state index is 12.7. The van der Waals surface area contributed by atoms with Crippen LogP contribution in [0.2, 0.25) is 0 Å². The molecule has 2 saturated heterocycles. The molecule has 1 amide bonds. The molecule has 2 aromatic carbocycles. The van der Waals surface area contributed by atoms with Crippen molar-refractivity contribution in [2.45, 2.75) is 37.8 Å². The number of nitrogens with zero attached hydrogens (tertiary/aromatic N) is 2. The van der Waals surface area contributed by atoms with Crippen LogP contribution in [0.15, 0.2) is 54.6 Å². The van der Waals surface area contributed by atoms with Crippen LogP contribution in [0.5, 0.6) is 5.75 Å². The van der Waals surface area contributed by atoms with Gasteiger partial charge in [0.2, 0.25) is 5.91 Å². The van der Waals surface area contributed by atoms with Crippen LogP contribution in [-0.4, -0.2) is 67.1 Å². The van der Waals surface area contributed by atoms with E-state index in [0.29, 0.717) is 26.1 Å². The summed E-state index contributed by atoms with van der Waals surface area (Å²) in [5.74, 6) is 0.545. The lowest BCUT2D eigenvalue weighted by atomic mass is 10.1. The van der Waals surface area contributed by atoms with E-state index in [0.717, 1.165) is 31.6 Å². The summed E-state index contributed by atoms with van der Waals surface area (Å²) in [6.45, 7) is 2.48. The second-order valence-electron chi connectivity index (χ2n) is 8.34. The number of hydrogen-bond acceptors (Lipinski definition) is 5. The highest BCUT2D eigenvalue weighted by Crippen LogP contribution is 2.22. The summed E-state index contributed by atoms with van der Waals surface area (Å²) in [6, 6.07) is 18.3. The average Bonchev–Trinajstić information content (AvgIpc) is 3.45. The average molecular weight is 423 g/mol. The maximum atomic E-state index is 12.7. The molecule has 0 unspecified atom stereocenters. The Kier molecular flexibility index (Phi) is 6.87. The minimum absolute atomic E-state index is 0.00110. The van der Waals surface area contributed by atoms with Crippen LogP contribution in [0.4, 0.5) is 0 Å². The van der Waals surface area contributed by atoms with Crippen molar-refractivity contribution < 1.29 is 19.1 Å². The van der Waals surface area contributed by atoms with E-state index in [-0.39, 0.29) is 18.0 Å². The molecule has 0 radical (unpaired) electrons. The number of ether oxygens (including phenoxy) is 2. The lowest BCUT2D eigenvalue weighted by Crippen LogP contribution is -2.45. The molecule has 2 aliphatic rings. The first-order valence-corrected chi connectivity index (χ1v) is 11.0. The minimum Gasteiger partial charge on any atom is -0.489 e. The van der Waals surface area contributed by atoms with Crippen molar-refractivity contribution in [3.63, 3.8) is 0 Å². The van der Waals surface area contributed by atoms with Crippen molar-refractivity contribution in [2.24, 2.45) is 0 Å². The monoisotopic (exact) mass is 422 g/mol. The number of likely N-dealkylation sites (tertiary alicyclic amines) is 2. The molecule has 0 aliphatic carbocycles. The third-order valence-corrected chi connectivity index (χ3v) is 6.11. The smallest absolute Gasteiger partial charge is 0.328 e. The summed E-state index contributed by atoms with van der Waals surface area (Å²) in [5.41, 5.74) is 2.54. The number of carbonyl (C=O) groups is 2. The van der Waals surface area contributed by atoms with Crippen LogP contribution < -0.4 is 4.74 Å². The zero-order valence-electron chi connectivity index (χ0n) is 18.0. The molecular formula is C25H30N2O4. The van der Waals surface area contributed by atoms with Crippen molar-refractivity contribution >= 4 is 11.9 Å². The SMILES string of the molecule is COC(=O)[C@@H]1CCCN1C(=O)CN1CC[C@H](Oc2ccc(Cc3ccccc3)cc2)C1. The van der Waals surface area contributed by atoms with E-state index < -0.39 is 6.04 Å². The topological polar surface area (TPSA) is 59.1 Å². The highest BCUT2D eigenvalue weighted by atomic mass is 16.5. The van der Waals surface area contributed by atoms with Gasteiger partial charge in [0, 0.05) is 19.6 Å². The van der Waals surface area contributed by atoms with Gasteiger partial charge in [-0.15, -0.1) is 0 Å². The van der Waals surface area contributed by atoms with Gasteiger partial charge < -0.3 is 14.4 Å². The molecule has 0 bridgehead atoms. The fraction of sp³-hybridized carbons (Fsp3) is 0.440. The van der Waals surface area contributed by atoms with Gasteiger partial charge in [0.05, 0.1) is 13.7 Å². The maximum Gasteiger partial charge on any atom is 0.328 e. The van der Waals surface area contributed by atoms with E-state index in [2.05, 4.69) is 41.3 Å². The molecule has 6 heteroatoms. The van der Waals surface area contributed by atoms with Gasteiger partial charge in [0.15, 0.2) is 0 Å². The Balaban J connectivity index is 1.25. The van der Waals surface area contributed by atoms with Crippen molar-refractivity contribution in [1.82, 2.24) is 9.80 Å². The first kappa shape index (κ1) is 21.4. The van der Waals surface area contributed by atoms with E-state index >= 15 is 0 Å². The summed E-state index contributed by atoms with van der Waals surface area (Å²) in [4.78, 5) is 28.4. The van der Waals surface area contributed by atoms with Gasteiger partial charge in [0.25, 0.3) is 0 Å². The van der Waals surface area contributed by atoms with E-state index in [1.165, 1.54) is 18.2 Å². The molecule has 2 aliphatic heterocycles. The summed E-state index contributed by atoms with van der Waals surface area (Å²) in [6.07, 6.45) is 3.40. The number of benzene rings is 2. The Labute approximate surface area is 183 Å². The molecule has 2 fully saturated rings. The lowest BCUT2D eigenvalue weighted by Gasteiger charge is -2.25. The first-order valence-electron chi connectivity index (χ1n) is 11.0. The number of hydrogen-bond donors (Lipinski definition) is 0. The Morgan fingerprint density at radius 3 is 2.45 bits per heavy atom. The second-order valence-corrected chi connectivity index (χ2v) is 8.34. The highest BCUT2D eigenvalue weighted by Gasteiger charge is 2.36. The molecule has 2 aromatic rings. The van der Waals surface area contributed by atoms with Gasteiger partial charge in [-0.25, -0.2) is 4.79 Å². The van der Waals surface area contributed by atoms with E-state index in [1.807, 2.05) is 18.2 Å². The zero-order valence-corrected chi connectivity index (χ0v) is 18.0. The van der Waals surface area contributed by atoms with Gasteiger partial charge in [-0.05, 0) is 48.9 Å². The molecule has 0 saturated carbocycles. The van der Waals surface area contributed by atoms with Crippen LogP contribution in [0.3, 0.4) is 0 Å². The molecule has 31 heavy (non-hydrogen) atoms. The van der Waals surface area contributed by atoms with Crippen LogP contribution in [-0.2, 0) is 20.7 Å². The number of carbonyl (C=O) groups excluding carboxylic acids is 2.